The first-order valence-electron chi connectivity index (χ1n) is 10.4. The van der Waals surface area contributed by atoms with Gasteiger partial charge in [0, 0.05) is 28.9 Å². The van der Waals surface area contributed by atoms with Crippen LogP contribution in [0.1, 0.15) is 62.1 Å². The predicted molar refractivity (Wildman–Crippen MR) is 119 cm³/mol. The molecule has 0 bridgehead atoms. The van der Waals surface area contributed by atoms with Crippen LogP contribution in [0.4, 0.5) is 0 Å². The quantitative estimate of drug-likeness (QED) is 0.595. The van der Waals surface area contributed by atoms with Crippen LogP contribution in [0.5, 0.6) is 0 Å². The fraction of sp³-hybridized carbons (Fsp3) is 0.478. The third kappa shape index (κ3) is 4.84. The number of amides is 2. The highest BCUT2D eigenvalue weighted by Gasteiger charge is 2.34. The van der Waals surface area contributed by atoms with Gasteiger partial charge in [-0.15, -0.1) is 11.3 Å². The van der Waals surface area contributed by atoms with Gasteiger partial charge in [-0.3, -0.25) is 9.59 Å². The molecule has 1 aliphatic heterocycles. The zero-order chi connectivity index (χ0) is 21.0. The molecule has 2 unspecified atom stereocenters. The van der Waals surface area contributed by atoms with Crippen molar-refractivity contribution in [2.75, 3.05) is 13.1 Å². The molecule has 0 fully saturated rings. The molecule has 0 saturated carbocycles. The average molecular weight is 433 g/mol. The smallest absolute Gasteiger partial charge is 0.243 e. The standard InChI is InChI=1S/C23H29ClN2O2S/c1-4-6-21(27)26(16(3)5-2)15-22(28)25-13-11-20-19(12-14-29-20)23(25)17-7-9-18(24)10-8-17/h7-10,12,14,16,23H,4-6,11,13,15H2,1-3H3. The first-order valence-corrected chi connectivity index (χ1v) is 11.6. The number of rotatable bonds is 7. The number of carbonyl (C=O) groups excluding carboxylic acids is 2. The van der Waals surface area contributed by atoms with E-state index in [4.69, 9.17) is 11.6 Å². The maximum Gasteiger partial charge on any atom is 0.243 e. The van der Waals surface area contributed by atoms with Crippen molar-refractivity contribution in [3.8, 4) is 0 Å². The van der Waals surface area contributed by atoms with Crippen LogP contribution in [0, 0.1) is 0 Å². The molecule has 2 aromatic rings. The minimum Gasteiger partial charge on any atom is -0.331 e. The summed E-state index contributed by atoms with van der Waals surface area (Å²) in [6.45, 7) is 6.86. The minimum atomic E-state index is -0.130. The SMILES string of the molecule is CCCC(=O)N(CC(=O)N1CCc2sccc2C1c1ccc(Cl)cc1)C(C)CC. The van der Waals surface area contributed by atoms with Crippen molar-refractivity contribution < 1.29 is 9.59 Å². The Kier molecular flexibility index (Phi) is 7.36. The van der Waals surface area contributed by atoms with Gasteiger partial charge < -0.3 is 9.80 Å². The number of halogens is 1. The molecule has 2 heterocycles. The highest BCUT2D eigenvalue weighted by atomic mass is 35.5. The summed E-state index contributed by atoms with van der Waals surface area (Å²) in [5, 5.41) is 2.78. The lowest BCUT2D eigenvalue weighted by Crippen LogP contribution is -2.49. The van der Waals surface area contributed by atoms with E-state index in [1.54, 1.807) is 16.2 Å². The Hall–Kier alpha value is -1.85. The fourth-order valence-electron chi connectivity index (χ4n) is 3.89. The molecular formula is C23H29ClN2O2S. The summed E-state index contributed by atoms with van der Waals surface area (Å²) in [6.07, 6.45) is 2.95. The Morgan fingerprint density at radius 3 is 2.62 bits per heavy atom. The second-order valence-corrected chi connectivity index (χ2v) is 9.06. The predicted octanol–water partition coefficient (Wildman–Crippen LogP) is 5.30. The molecule has 1 aromatic heterocycles. The van der Waals surface area contributed by atoms with E-state index in [0.29, 0.717) is 18.0 Å². The zero-order valence-corrected chi connectivity index (χ0v) is 18.9. The number of benzene rings is 1. The van der Waals surface area contributed by atoms with Gasteiger partial charge >= 0.3 is 0 Å². The van der Waals surface area contributed by atoms with Crippen LogP contribution in [-0.4, -0.2) is 40.7 Å². The third-order valence-corrected chi connectivity index (χ3v) is 6.93. The van der Waals surface area contributed by atoms with E-state index in [1.807, 2.05) is 43.0 Å². The molecular weight excluding hydrogens is 404 g/mol. The summed E-state index contributed by atoms with van der Waals surface area (Å²) in [5.74, 6) is 0.0676. The lowest BCUT2D eigenvalue weighted by molar-refractivity contribution is -0.143. The second-order valence-electron chi connectivity index (χ2n) is 7.62. The molecule has 156 valence electrons. The molecule has 2 atom stereocenters. The molecule has 0 saturated heterocycles. The molecule has 29 heavy (non-hydrogen) atoms. The van der Waals surface area contributed by atoms with Gasteiger partial charge in [-0.25, -0.2) is 0 Å². The maximum atomic E-state index is 13.4. The lowest BCUT2D eigenvalue weighted by atomic mass is 9.93. The van der Waals surface area contributed by atoms with Crippen LogP contribution in [0.3, 0.4) is 0 Å². The number of nitrogens with zero attached hydrogens (tertiary/aromatic N) is 2. The molecule has 3 rings (SSSR count). The molecule has 0 spiro atoms. The number of fused-ring (bicyclic) bond motifs is 1. The maximum absolute atomic E-state index is 13.4. The summed E-state index contributed by atoms with van der Waals surface area (Å²) in [4.78, 5) is 31.1. The largest absolute Gasteiger partial charge is 0.331 e. The van der Waals surface area contributed by atoms with Crippen molar-refractivity contribution in [1.82, 2.24) is 9.80 Å². The molecule has 6 heteroatoms. The fourth-order valence-corrected chi connectivity index (χ4v) is 4.92. The van der Waals surface area contributed by atoms with Gasteiger partial charge in [0.1, 0.15) is 6.54 Å². The van der Waals surface area contributed by atoms with Crippen molar-refractivity contribution in [3.05, 3.63) is 56.7 Å². The van der Waals surface area contributed by atoms with E-state index in [9.17, 15) is 9.59 Å². The molecule has 1 aromatic carbocycles. The van der Waals surface area contributed by atoms with Crippen LogP contribution in [0.2, 0.25) is 5.02 Å². The Morgan fingerprint density at radius 2 is 1.97 bits per heavy atom. The van der Waals surface area contributed by atoms with E-state index in [-0.39, 0.29) is 30.4 Å². The van der Waals surface area contributed by atoms with Gasteiger partial charge in [-0.05, 0) is 60.9 Å². The second kappa shape index (κ2) is 9.77. The Labute approximate surface area is 182 Å². The van der Waals surface area contributed by atoms with E-state index in [1.165, 1.54) is 10.4 Å². The summed E-state index contributed by atoms with van der Waals surface area (Å²) < 4.78 is 0. The Morgan fingerprint density at radius 1 is 1.24 bits per heavy atom. The van der Waals surface area contributed by atoms with Crippen molar-refractivity contribution in [2.45, 2.75) is 58.5 Å². The van der Waals surface area contributed by atoms with E-state index in [2.05, 4.69) is 18.4 Å². The van der Waals surface area contributed by atoms with E-state index in [0.717, 1.165) is 24.8 Å². The Balaban J connectivity index is 1.89. The van der Waals surface area contributed by atoms with Crippen LogP contribution in [0.25, 0.3) is 0 Å². The first kappa shape index (κ1) is 21.8. The summed E-state index contributed by atoms with van der Waals surface area (Å²) in [5.41, 5.74) is 2.24. The topological polar surface area (TPSA) is 40.6 Å². The van der Waals surface area contributed by atoms with Crippen LogP contribution in [0.15, 0.2) is 35.7 Å². The number of thiophene rings is 1. The molecule has 4 nitrogen and oxygen atoms in total. The third-order valence-electron chi connectivity index (χ3n) is 5.68. The van der Waals surface area contributed by atoms with Crippen molar-refractivity contribution in [3.63, 3.8) is 0 Å². The zero-order valence-electron chi connectivity index (χ0n) is 17.4. The Bertz CT molecular complexity index is 849. The molecule has 0 aliphatic carbocycles. The van der Waals surface area contributed by atoms with Gasteiger partial charge in [0.05, 0.1) is 6.04 Å². The monoisotopic (exact) mass is 432 g/mol. The minimum absolute atomic E-state index is 0.00607. The van der Waals surface area contributed by atoms with Crippen molar-refractivity contribution in [1.29, 1.82) is 0 Å². The van der Waals surface area contributed by atoms with Crippen LogP contribution >= 0.6 is 22.9 Å². The molecule has 2 amide bonds. The van der Waals surface area contributed by atoms with E-state index < -0.39 is 0 Å². The van der Waals surface area contributed by atoms with Gasteiger partial charge in [0.2, 0.25) is 11.8 Å². The summed E-state index contributed by atoms with van der Waals surface area (Å²) >= 11 is 7.84. The molecule has 1 aliphatic rings. The highest BCUT2D eigenvalue weighted by Crippen LogP contribution is 2.38. The van der Waals surface area contributed by atoms with E-state index >= 15 is 0 Å². The van der Waals surface area contributed by atoms with Gasteiger partial charge in [-0.1, -0.05) is 37.6 Å². The number of carbonyl (C=O) groups is 2. The van der Waals surface area contributed by atoms with Crippen molar-refractivity contribution in [2.24, 2.45) is 0 Å². The lowest BCUT2D eigenvalue weighted by Gasteiger charge is -2.38. The normalized spacial score (nSPS) is 17.0. The first-order chi connectivity index (χ1) is 14.0. The van der Waals surface area contributed by atoms with Gasteiger partial charge in [0.25, 0.3) is 0 Å². The van der Waals surface area contributed by atoms with Crippen molar-refractivity contribution >= 4 is 34.8 Å². The molecule has 0 radical (unpaired) electrons. The summed E-state index contributed by atoms with van der Waals surface area (Å²) in [6, 6.07) is 9.77. The van der Waals surface area contributed by atoms with Crippen LogP contribution < -0.4 is 0 Å². The number of hydrogen-bond donors (Lipinski definition) is 0. The van der Waals surface area contributed by atoms with Crippen LogP contribution in [-0.2, 0) is 16.0 Å². The highest BCUT2D eigenvalue weighted by molar-refractivity contribution is 7.10. The molecule has 0 N–H and O–H groups in total. The van der Waals surface area contributed by atoms with Gasteiger partial charge in [-0.2, -0.15) is 0 Å². The van der Waals surface area contributed by atoms with Gasteiger partial charge in [0.15, 0.2) is 0 Å². The summed E-state index contributed by atoms with van der Waals surface area (Å²) in [7, 11) is 0. The average Bonchev–Trinajstić information content (AvgIpc) is 3.20. The number of hydrogen-bond acceptors (Lipinski definition) is 3.